The van der Waals surface area contributed by atoms with E-state index >= 15 is 0 Å². The number of anilines is 1. The Kier molecular flexibility index (Phi) is 4.75. The van der Waals surface area contributed by atoms with Crippen LogP contribution in [-0.2, 0) is 0 Å². The molecule has 2 aromatic rings. The molecule has 0 amide bonds. The lowest BCUT2D eigenvalue weighted by molar-refractivity contribution is 0.421. The molecule has 1 aliphatic rings. The number of hydrogen-bond acceptors (Lipinski definition) is 8. The molecule has 0 radical (unpaired) electrons. The van der Waals surface area contributed by atoms with Crippen molar-refractivity contribution in [2.75, 3.05) is 23.9 Å². The highest BCUT2D eigenvalue weighted by atomic mass is 32.2. The van der Waals surface area contributed by atoms with E-state index in [0.717, 1.165) is 34.3 Å². The predicted molar refractivity (Wildman–Crippen MR) is 91.4 cm³/mol. The summed E-state index contributed by atoms with van der Waals surface area (Å²) in [4.78, 5) is 4.66. The summed E-state index contributed by atoms with van der Waals surface area (Å²) >= 11 is 5.38. The van der Waals surface area contributed by atoms with Gasteiger partial charge >= 0.3 is 0 Å². The van der Waals surface area contributed by atoms with Crippen LogP contribution < -0.4 is 5.32 Å². The zero-order valence-electron chi connectivity index (χ0n) is 12.3. The standard InChI is InChI=1S/C13H18N4OS3/c1-4-8-10(20-6-5-19-8)11-15-12(18-16-11)9-7(2)17-21-13(9)14-3/h8,10,14H,4-6H2,1-3H3. The lowest BCUT2D eigenvalue weighted by atomic mass is 10.2. The Bertz CT molecular complexity index is 612. The average molecular weight is 343 g/mol. The van der Waals surface area contributed by atoms with Gasteiger partial charge in [-0.3, -0.25) is 0 Å². The summed E-state index contributed by atoms with van der Waals surface area (Å²) in [5, 5.41) is 9.25. The molecule has 1 N–H and O–H groups in total. The quantitative estimate of drug-likeness (QED) is 0.905. The second kappa shape index (κ2) is 6.58. The molecule has 1 aliphatic heterocycles. The second-order valence-electron chi connectivity index (χ2n) is 4.79. The molecule has 0 aromatic carbocycles. The molecular formula is C13H18N4OS3. The Labute approximate surface area is 136 Å². The summed E-state index contributed by atoms with van der Waals surface area (Å²) in [6, 6.07) is 0. The van der Waals surface area contributed by atoms with Crippen LogP contribution in [0.5, 0.6) is 0 Å². The molecule has 114 valence electrons. The molecule has 0 spiro atoms. The Balaban J connectivity index is 1.90. The van der Waals surface area contributed by atoms with E-state index in [4.69, 9.17) is 4.52 Å². The van der Waals surface area contributed by atoms with E-state index in [9.17, 15) is 0 Å². The minimum Gasteiger partial charge on any atom is -0.378 e. The van der Waals surface area contributed by atoms with Crippen LogP contribution in [0.3, 0.4) is 0 Å². The molecule has 8 heteroatoms. The summed E-state index contributed by atoms with van der Waals surface area (Å²) in [6.07, 6.45) is 1.13. The molecule has 2 atom stereocenters. The number of nitrogens with one attached hydrogen (secondary N) is 1. The van der Waals surface area contributed by atoms with E-state index in [1.165, 1.54) is 17.3 Å². The third-order valence-corrected chi connectivity index (χ3v) is 7.65. The number of nitrogens with zero attached hydrogens (tertiary/aromatic N) is 3. The molecule has 3 heterocycles. The molecule has 2 aromatic heterocycles. The highest BCUT2D eigenvalue weighted by molar-refractivity contribution is 8.06. The maximum Gasteiger partial charge on any atom is 0.262 e. The average Bonchev–Trinajstić information content (AvgIpc) is 3.13. The predicted octanol–water partition coefficient (Wildman–Crippen LogP) is 3.84. The Hall–Kier alpha value is -0.730. The highest BCUT2D eigenvalue weighted by Gasteiger charge is 2.31. The Morgan fingerprint density at radius 2 is 2.14 bits per heavy atom. The van der Waals surface area contributed by atoms with Crippen molar-refractivity contribution in [3.05, 3.63) is 11.5 Å². The van der Waals surface area contributed by atoms with Crippen molar-refractivity contribution in [2.45, 2.75) is 30.8 Å². The highest BCUT2D eigenvalue weighted by Crippen LogP contribution is 2.43. The van der Waals surface area contributed by atoms with Crippen LogP contribution in [0.25, 0.3) is 11.5 Å². The van der Waals surface area contributed by atoms with Gasteiger partial charge in [0, 0.05) is 23.8 Å². The van der Waals surface area contributed by atoms with Crippen LogP contribution in [0.15, 0.2) is 4.52 Å². The minimum absolute atomic E-state index is 0.330. The first-order valence-electron chi connectivity index (χ1n) is 6.95. The van der Waals surface area contributed by atoms with Crippen LogP contribution in [0.4, 0.5) is 5.00 Å². The number of aromatic nitrogens is 3. The third-order valence-electron chi connectivity index (χ3n) is 3.45. The fourth-order valence-corrected chi connectivity index (χ4v) is 6.11. The van der Waals surface area contributed by atoms with E-state index in [1.54, 1.807) is 0 Å². The van der Waals surface area contributed by atoms with E-state index in [2.05, 4.69) is 26.8 Å². The molecule has 3 rings (SSSR count). The van der Waals surface area contributed by atoms with E-state index in [1.807, 2.05) is 37.5 Å². The number of hydrogen-bond donors (Lipinski definition) is 1. The maximum absolute atomic E-state index is 5.52. The van der Waals surface area contributed by atoms with E-state index in [0.29, 0.717) is 16.4 Å². The van der Waals surface area contributed by atoms with Gasteiger partial charge in [0.15, 0.2) is 5.82 Å². The monoisotopic (exact) mass is 342 g/mol. The fraction of sp³-hybridized carbons (Fsp3) is 0.615. The van der Waals surface area contributed by atoms with E-state index < -0.39 is 0 Å². The summed E-state index contributed by atoms with van der Waals surface area (Å²) in [5.41, 5.74) is 1.86. The maximum atomic E-state index is 5.52. The molecule has 1 saturated heterocycles. The normalized spacial score (nSPS) is 22.4. The van der Waals surface area contributed by atoms with Crippen molar-refractivity contribution in [3.63, 3.8) is 0 Å². The van der Waals surface area contributed by atoms with Gasteiger partial charge in [-0.05, 0) is 24.9 Å². The summed E-state index contributed by atoms with van der Waals surface area (Å²) in [6.45, 7) is 4.19. The largest absolute Gasteiger partial charge is 0.378 e. The molecule has 0 bridgehead atoms. The van der Waals surface area contributed by atoms with Crippen molar-refractivity contribution in [1.82, 2.24) is 14.5 Å². The molecular weight excluding hydrogens is 324 g/mol. The first-order valence-corrected chi connectivity index (χ1v) is 9.82. The number of aryl methyl sites for hydroxylation is 1. The first kappa shape index (κ1) is 15.2. The number of rotatable bonds is 4. The van der Waals surface area contributed by atoms with Gasteiger partial charge in [-0.15, -0.1) is 11.8 Å². The lowest BCUT2D eigenvalue weighted by Gasteiger charge is -2.27. The van der Waals surface area contributed by atoms with Gasteiger partial charge in [0.1, 0.15) is 5.00 Å². The van der Waals surface area contributed by atoms with Crippen LogP contribution in [0.2, 0.25) is 0 Å². The van der Waals surface area contributed by atoms with E-state index in [-0.39, 0.29) is 0 Å². The van der Waals surface area contributed by atoms with Crippen LogP contribution in [0.1, 0.15) is 30.1 Å². The first-order chi connectivity index (χ1) is 10.2. The van der Waals surface area contributed by atoms with Crippen LogP contribution in [0, 0.1) is 6.92 Å². The summed E-state index contributed by atoms with van der Waals surface area (Å²) < 4.78 is 9.88. The van der Waals surface area contributed by atoms with Gasteiger partial charge in [-0.2, -0.15) is 21.1 Å². The summed E-state index contributed by atoms with van der Waals surface area (Å²) in [5.74, 6) is 3.76. The zero-order valence-corrected chi connectivity index (χ0v) is 14.7. The van der Waals surface area contributed by atoms with Crippen LogP contribution in [-0.4, -0.2) is 38.3 Å². The minimum atomic E-state index is 0.330. The molecule has 2 unspecified atom stereocenters. The van der Waals surface area contributed by atoms with Gasteiger partial charge in [0.2, 0.25) is 0 Å². The van der Waals surface area contributed by atoms with Crippen molar-refractivity contribution in [3.8, 4) is 11.5 Å². The topological polar surface area (TPSA) is 63.8 Å². The smallest absolute Gasteiger partial charge is 0.262 e. The molecule has 21 heavy (non-hydrogen) atoms. The fourth-order valence-electron chi connectivity index (χ4n) is 2.39. The SMILES string of the molecule is CCC1SCCSC1c1noc(-c2c(C)nsc2NC)n1. The molecule has 5 nitrogen and oxygen atoms in total. The lowest BCUT2D eigenvalue weighted by Crippen LogP contribution is -2.19. The van der Waals surface area contributed by atoms with Gasteiger partial charge < -0.3 is 9.84 Å². The summed E-state index contributed by atoms with van der Waals surface area (Å²) in [7, 11) is 1.88. The molecule has 0 saturated carbocycles. The molecule has 1 fully saturated rings. The van der Waals surface area contributed by atoms with Crippen molar-refractivity contribution >= 4 is 40.1 Å². The Morgan fingerprint density at radius 1 is 1.33 bits per heavy atom. The second-order valence-corrected chi connectivity index (χ2v) is 8.16. The zero-order chi connectivity index (χ0) is 14.8. The van der Waals surface area contributed by atoms with Crippen molar-refractivity contribution in [1.29, 1.82) is 0 Å². The van der Waals surface area contributed by atoms with Gasteiger partial charge in [-0.1, -0.05) is 12.1 Å². The number of thioether (sulfide) groups is 2. The third kappa shape index (κ3) is 2.93. The Morgan fingerprint density at radius 3 is 2.90 bits per heavy atom. The van der Waals surface area contributed by atoms with Gasteiger partial charge in [0.05, 0.1) is 16.5 Å². The van der Waals surface area contributed by atoms with Crippen molar-refractivity contribution < 1.29 is 4.52 Å². The van der Waals surface area contributed by atoms with Crippen molar-refractivity contribution in [2.24, 2.45) is 0 Å². The molecule has 0 aliphatic carbocycles. The van der Waals surface area contributed by atoms with Gasteiger partial charge in [0.25, 0.3) is 5.89 Å². The van der Waals surface area contributed by atoms with Crippen LogP contribution >= 0.6 is 35.1 Å². The van der Waals surface area contributed by atoms with Gasteiger partial charge in [-0.25, -0.2) is 0 Å².